The van der Waals surface area contributed by atoms with Crippen LogP contribution in [0.15, 0.2) is 30.3 Å². The third-order valence-corrected chi connectivity index (χ3v) is 4.66. The Labute approximate surface area is 155 Å². The molecule has 1 unspecified atom stereocenters. The van der Waals surface area contributed by atoms with Gasteiger partial charge in [-0.05, 0) is 18.9 Å². The minimum atomic E-state index is -4.62. The van der Waals surface area contributed by atoms with Gasteiger partial charge in [0.05, 0.1) is 0 Å². The van der Waals surface area contributed by atoms with Crippen molar-refractivity contribution in [2.45, 2.75) is 38.2 Å². The van der Waals surface area contributed by atoms with Crippen LogP contribution >= 0.6 is 11.8 Å². The summed E-state index contributed by atoms with van der Waals surface area (Å²) < 4.78 is 39.0. The van der Waals surface area contributed by atoms with E-state index in [1.54, 1.807) is 18.7 Å². The van der Waals surface area contributed by atoms with Gasteiger partial charge in [0.25, 0.3) is 0 Å². The number of alkyl halides is 3. The summed E-state index contributed by atoms with van der Waals surface area (Å²) in [6.07, 6.45) is -3.88. The van der Waals surface area contributed by atoms with Crippen LogP contribution in [-0.4, -0.2) is 33.3 Å². The number of rotatable bonds is 9. The van der Waals surface area contributed by atoms with E-state index in [2.05, 4.69) is 25.6 Å². The molecule has 0 spiro atoms. The highest BCUT2D eigenvalue weighted by Crippen LogP contribution is 2.27. The fourth-order valence-corrected chi connectivity index (χ4v) is 3.29. The van der Waals surface area contributed by atoms with Gasteiger partial charge in [0.2, 0.25) is 17.7 Å². The van der Waals surface area contributed by atoms with Gasteiger partial charge >= 0.3 is 6.18 Å². The summed E-state index contributed by atoms with van der Waals surface area (Å²) in [4.78, 5) is 11.0. The van der Waals surface area contributed by atoms with Crippen LogP contribution < -0.4 is 10.6 Å². The van der Waals surface area contributed by atoms with Gasteiger partial charge in [-0.3, -0.25) is 0 Å². The van der Waals surface area contributed by atoms with Crippen molar-refractivity contribution in [3.05, 3.63) is 41.7 Å². The summed E-state index contributed by atoms with van der Waals surface area (Å²) in [5.74, 6) is 0.235. The molecule has 1 aromatic carbocycles. The van der Waals surface area contributed by atoms with E-state index in [1.165, 1.54) is 5.56 Å². The zero-order valence-electron chi connectivity index (χ0n) is 14.7. The normalized spacial score (nSPS) is 12.7. The number of thioether (sulfide) groups is 1. The lowest BCUT2D eigenvalue weighted by Gasteiger charge is -2.18. The molecule has 0 bridgehead atoms. The Hall–Kier alpha value is -2.03. The molecule has 142 valence electrons. The number of nitrogens with one attached hydrogen (secondary N) is 2. The molecule has 0 aliphatic heterocycles. The van der Waals surface area contributed by atoms with Crippen LogP contribution in [0.1, 0.15) is 31.7 Å². The van der Waals surface area contributed by atoms with Crippen LogP contribution in [0, 0.1) is 0 Å². The van der Waals surface area contributed by atoms with Crippen molar-refractivity contribution in [3.8, 4) is 0 Å². The van der Waals surface area contributed by atoms with E-state index in [-0.39, 0.29) is 17.9 Å². The molecular weight excluding hydrogens is 363 g/mol. The lowest BCUT2D eigenvalue weighted by Crippen LogP contribution is -2.25. The number of anilines is 2. The molecule has 0 aliphatic rings. The van der Waals surface area contributed by atoms with E-state index in [0.717, 1.165) is 17.9 Å². The fourth-order valence-electron chi connectivity index (χ4n) is 2.14. The molecule has 0 saturated heterocycles. The Morgan fingerprint density at radius 3 is 2.35 bits per heavy atom. The Morgan fingerprint density at radius 1 is 1.04 bits per heavy atom. The van der Waals surface area contributed by atoms with Crippen molar-refractivity contribution < 1.29 is 13.2 Å². The molecule has 0 aliphatic carbocycles. The predicted molar refractivity (Wildman–Crippen MR) is 99.3 cm³/mol. The largest absolute Gasteiger partial charge is 0.451 e. The average Bonchev–Trinajstić information content (AvgIpc) is 2.61. The lowest BCUT2D eigenvalue weighted by atomic mass is 10.2. The molecule has 2 aromatic rings. The summed E-state index contributed by atoms with van der Waals surface area (Å²) in [7, 11) is 0. The highest BCUT2D eigenvalue weighted by molar-refractivity contribution is 7.98. The van der Waals surface area contributed by atoms with E-state index in [4.69, 9.17) is 0 Å². The van der Waals surface area contributed by atoms with Crippen LogP contribution in [0.5, 0.6) is 0 Å². The van der Waals surface area contributed by atoms with E-state index in [9.17, 15) is 13.2 Å². The van der Waals surface area contributed by atoms with Gasteiger partial charge in [0.15, 0.2) is 0 Å². The maximum atomic E-state index is 13.0. The van der Waals surface area contributed by atoms with Crippen molar-refractivity contribution in [2.75, 3.05) is 22.9 Å². The number of hydrogen-bond acceptors (Lipinski definition) is 6. The minimum absolute atomic E-state index is 0.0401. The van der Waals surface area contributed by atoms with Crippen LogP contribution in [-0.2, 0) is 11.9 Å². The van der Waals surface area contributed by atoms with Crippen molar-refractivity contribution >= 4 is 23.7 Å². The Kier molecular flexibility index (Phi) is 7.50. The third-order valence-electron chi connectivity index (χ3n) is 3.48. The summed E-state index contributed by atoms with van der Waals surface area (Å²) in [5.41, 5.74) is 1.21. The molecule has 0 amide bonds. The van der Waals surface area contributed by atoms with Crippen molar-refractivity contribution in [1.82, 2.24) is 15.0 Å². The first-order chi connectivity index (χ1) is 12.4. The molecular formula is C17H22F3N5S. The number of aromatic nitrogens is 3. The first-order valence-corrected chi connectivity index (χ1v) is 9.53. The van der Waals surface area contributed by atoms with Crippen LogP contribution in [0.3, 0.4) is 0 Å². The summed E-state index contributed by atoms with van der Waals surface area (Å²) >= 11 is 1.71. The van der Waals surface area contributed by atoms with Gasteiger partial charge in [-0.15, -0.1) is 0 Å². The van der Waals surface area contributed by atoms with Gasteiger partial charge < -0.3 is 10.6 Å². The zero-order chi connectivity index (χ0) is 19.0. The predicted octanol–water partition coefficient (Wildman–Crippen LogP) is 4.45. The second-order valence-electron chi connectivity index (χ2n) is 5.58. The van der Waals surface area contributed by atoms with Gasteiger partial charge in [-0.1, -0.05) is 37.3 Å². The second-order valence-corrected chi connectivity index (χ2v) is 6.61. The maximum absolute atomic E-state index is 13.0. The molecule has 9 heteroatoms. The van der Waals surface area contributed by atoms with Crippen molar-refractivity contribution in [3.63, 3.8) is 0 Å². The smallest absolute Gasteiger partial charge is 0.354 e. The van der Waals surface area contributed by atoms with Crippen molar-refractivity contribution in [1.29, 1.82) is 0 Å². The number of hydrogen-bond donors (Lipinski definition) is 2. The van der Waals surface area contributed by atoms with Crippen LogP contribution in [0.2, 0.25) is 0 Å². The molecule has 2 N–H and O–H groups in total. The van der Waals surface area contributed by atoms with Crippen LogP contribution in [0.4, 0.5) is 25.1 Å². The Balaban J connectivity index is 2.02. The Morgan fingerprint density at radius 2 is 1.73 bits per heavy atom. The lowest BCUT2D eigenvalue weighted by molar-refractivity contribution is -0.144. The van der Waals surface area contributed by atoms with Gasteiger partial charge in [0, 0.05) is 24.1 Å². The molecule has 0 fully saturated rings. The standard InChI is InChI=1S/C17H22F3N5S/c1-3-13(11-26-10-12-8-6-5-7-9-12)22-16-24-14(17(18,19)20)23-15(25-16)21-4-2/h5-9,13H,3-4,10-11H2,1-2H3,(H2,21,22,23,24,25). The molecule has 26 heavy (non-hydrogen) atoms. The van der Waals surface area contributed by atoms with Gasteiger partial charge in [-0.25, -0.2) is 0 Å². The topological polar surface area (TPSA) is 62.7 Å². The quantitative estimate of drug-likeness (QED) is 0.665. The van der Waals surface area contributed by atoms with Gasteiger partial charge in [0.1, 0.15) is 0 Å². The first-order valence-electron chi connectivity index (χ1n) is 8.37. The summed E-state index contributed by atoms with van der Waals surface area (Å²) in [6.45, 7) is 4.15. The fraction of sp³-hybridized carbons (Fsp3) is 0.471. The molecule has 5 nitrogen and oxygen atoms in total. The Bertz CT molecular complexity index is 682. The van der Waals surface area contributed by atoms with Crippen molar-refractivity contribution in [2.24, 2.45) is 0 Å². The monoisotopic (exact) mass is 385 g/mol. The minimum Gasteiger partial charge on any atom is -0.354 e. The SMILES string of the molecule is CCNc1nc(NC(CC)CSCc2ccccc2)nc(C(F)(F)F)n1. The number of benzene rings is 1. The molecule has 1 aromatic heterocycles. The molecule has 0 saturated carbocycles. The van der Waals surface area contributed by atoms with Gasteiger partial charge in [-0.2, -0.15) is 39.9 Å². The molecule has 0 radical (unpaired) electrons. The molecule has 1 heterocycles. The van der Waals surface area contributed by atoms with E-state index < -0.39 is 12.0 Å². The highest BCUT2D eigenvalue weighted by Gasteiger charge is 2.36. The van der Waals surface area contributed by atoms with E-state index in [1.807, 2.05) is 37.3 Å². The highest BCUT2D eigenvalue weighted by atomic mass is 32.2. The summed E-state index contributed by atoms with van der Waals surface area (Å²) in [6, 6.07) is 9.98. The average molecular weight is 385 g/mol. The molecule has 2 rings (SSSR count). The summed E-state index contributed by atoms with van der Waals surface area (Å²) in [5, 5.41) is 5.71. The maximum Gasteiger partial charge on any atom is 0.451 e. The molecule has 1 atom stereocenters. The van der Waals surface area contributed by atoms with Crippen LogP contribution in [0.25, 0.3) is 0 Å². The third kappa shape index (κ3) is 6.36. The number of halogens is 3. The zero-order valence-corrected chi connectivity index (χ0v) is 15.5. The first kappa shape index (κ1) is 20.3. The van der Waals surface area contributed by atoms with E-state index in [0.29, 0.717) is 6.54 Å². The number of nitrogens with zero attached hydrogens (tertiary/aromatic N) is 3. The van der Waals surface area contributed by atoms with E-state index >= 15 is 0 Å². The second kappa shape index (κ2) is 9.61.